The van der Waals surface area contributed by atoms with E-state index in [1.807, 2.05) is 6.20 Å². The fraction of sp³-hybridized carbons (Fsp3) is 0.294. The third kappa shape index (κ3) is 4.76. The van der Waals surface area contributed by atoms with Gasteiger partial charge in [0.05, 0.1) is 0 Å². The van der Waals surface area contributed by atoms with Gasteiger partial charge in [0.1, 0.15) is 6.33 Å². The minimum atomic E-state index is 0. The molecular weight excluding hydrogens is 381 g/mol. The number of pyridine rings is 2. The van der Waals surface area contributed by atoms with Crippen LogP contribution in [0.5, 0.6) is 0 Å². The first-order chi connectivity index (χ1) is 10.9. The molecule has 0 saturated carbocycles. The highest BCUT2D eigenvalue weighted by molar-refractivity contribution is 5.86. The van der Waals surface area contributed by atoms with Crippen LogP contribution in [0.25, 0.3) is 22.2 Å². The highest BCUT2D eigenvalue weighted by Crippen LogP contribution is 2.26. The Bertz CT molecular complexity index is 795. The number of hydrogen-bond acceptors (Lipinski definition) is 5. The summed E-state index contributed by atoms with van der Waals surface area (Å²) in [5.41, 5.74) is 3.97. The quantitative estimate of drug-likeness (QED) is 0.708. The molecule has 3 aromatic rings. The zero-order valence-corrected chi connectivity index (χ0v) is 15.9. The van der Waals surface area contributed by atoms with E-state index in [4.69, 9.17) is 4.98 Å². The number of fused-ring (bicyclic) bond motifs is 1. The van der Waals surface area contributed by atoms with Crippen molar-refractivity contribution in [3.05, 3.63) is 48.8 Å². The van der Waals surface area contributed by atoms with Gasteiger partial charge >= 0.3 is 0 Å². The first-order valence-corrected chi connectivity index (χ1v) is 7.63. The average molecular weight is 401 g/mol. The van der Waals surface area contributed by atoms with Crippen molar-refractivity contribution < 1.29 is 0 Å². The highest BCUT2D eigenvalue weighted by Gasteiger charge is 2.16. The summed E-state index contributed by atoms with van der Waals surface area (Å²) in [6.07, 6.45) is 9.28. The van der Waals surface area contributed by atoms with Gasteiger partial charge in [-0.1, -0.05) is 0 Å². The summed E-state index contributed by atoms with van der Waals surface area (Å²) in [4.78, 5) is 17.4. The topological polar surface area (TPSA) is 63.6 Å². The molecule has 1 fully saturated rings. The molecule has 0 unspecified atom stereocenters. The SMILES string of the molecule is Cl.Cl.Cl.c1ncc(-c2cnc3nc(C4CCNCC4)ccc3c2)cn1. The third-order valence-electron chi connectivity index (χ3n) is 4.22. The molecule has 8 heteroatoms. The molecule has 0 amide bonds. The molecule has 1 saturated heterocycles. The third-order valence-corrected chi connectivity index (χ3v) is 4.22. The summed E-state index contributed by atoms with van der Waals surface area (Å²) in [7, 11) is 0. The average Bonchev–Trinajstić information content (AvgIpc) is 2.62. The van der Waals surface area contributed by atoms with Crippen molar-refractivity contribution in [2.45, 2.75) is 18.8 Å². The number of hydrogen-bond donors (Lipinski definition) is 1. The van der Waals surface area contributed by atoms with Crippen LogP contribution in [-0.2, 0) is 0 Å². The first-order valence-electron chi connectivity index (χ1n) is 7.63. The van der Waals surface area contributed by atoms with Crippen molar-refractivity contribution >= 4 is 48.3 Å². The summed E-state index contributed by atoms with van der Waals surface area (Å²) in [5, 5.41) is 4.45. The van der Waals surface area contributed by atoms with E-state index in [0.717, 1.165) is 53.8 Å². The van der Waals surface area contributed by atoms with E-state index in [-0.39, 0.29) is 37.2 Å². The van der Waals surface area contributed by atoms with Crippen LogP contribution in [0.4, 0.5) is 0 Å². The summed E-state index contributed by atoms with van der Waals surface area (Å²) in [6.45, 7) is 2.15. The van der Waals surface area contributed by atoms with Crippen LogP contribution in [0, 0.1) is 0 Å². The van der Waals surface area contributed by atoms with Crippen LogP contribution in [-0.4, -0.2) is 33.0 Å². The zero-order chi connectivity index (χ0) is 14.8. The van der Waals surface area contributed by atoms with E-state index in [0.29, 0.717) is 5.92 Å². The van der Waals surface area contributed by atoms with Crippen molar-refractivity contribution in [2.24, 2.45) is 0 Å². The molecule has 3 aromatic heterocycles. The van der Waals surface area contributed by atoms with Gasteiger partial charge in [0.25, 0.3) is 0 Å². The molecule has 1 aliphatic heterocycles. The van der Waals surface area contributed by atoms with Crippen LogP contribution >= 0.6 is 37.2 Å². The fourth-order valence-corrected chi connectivity index (χ4v) is 2.98. The summed E-state index contributed by atoms with van der Waals surface area (Å²) >= 11 is 0. The molecule has 4 rings (SSSR count). The molecule has 0 atom stereocenters. The van der Waals surface area contributed by atoms with Gasteiger partial charge in [0.2, 0.25) is 0 Å². The molecule has 134 valence electrons. The summed E-state index contributed by atoms with van der Waals surface area (Å²) < 4.78 is 0. The molecule has 0 bridgehead atoms. The van der Waals surface area contributed by atoms with Crippen molar-refractivity contribution in [2.75, 3.05) is 13.1 Å². The monoisotopic (exact) mass is 399 g/mol. The molecule has 25 heavy (non-hydrogen) atoms. The second-order valence-corrected chi connectivity index (χ2v) is 5.66. The lowest BCUT2D eigenvalue weighted by molar-refractivity contribution is 0.454. The number of halogens is 3. The van der Waals surface area contributed by atoms with Crippen LogP contribution in [0.15, 0.2) is 43.1 Å². The Morgan fingerprint density at radius 2 is 1.60 bits per heavy atom. The van der Waals surface area contributed by atoms with Gasteiger partial charge < -0.3 is 5.32 Å². The Balaban J connectivity index is 0.00000104. The predicted molar refractivity (Wildman–Crippen MR) is 107 cm³/mol. The van der Waals surface area contributed by atoms with E-state index < -0.39 is 0 Å². The van der Waals surface area contributed by atoms with Crippen LogP contribution in [0.2, 0.25) is 0 Å². The van der Waals surface area contributed by atoms with Gasteiger partial charge in [-0.25, -0.2) is 19.9 Å². The standard InChI is InChI=1S/C17H17N5.3ClH/c1-2-16(12-3-5-18-6-4-12)22-17-13(1)7-14(10-21-17)15-8-19-11-20-9-15;;;/h1-2,7-12,18H,3-6H2;3*1H. The van der Waals surface area contributed by atoms with Crippen molar-refractivity contribution in [1.29, 1.82) is 0 Å². The predicted octanol–water partition coefficient (Wildman–Crippen LogP) is 3.82. The van der Waals surface area contributed by atoms with Gasteiger partial charge in [0.15, 0.2) is 5.65 Å². The minimum absolute atomic E-state index is 0. The Labute approximate surface area is 165 Å². The van der Waals surface area contributed by atoms with E-state index in [1.165, 1.54) is 6.33 Å². The minimum Gasteiger partial charge on any atom is -0.317 e. The molecule has 1 N–H and O–H groups in total. The van der Waals surface area contributed by atoms with E-state index in [1.54, 1.807) is 12.4 Å². The number of nitrogens with one attached hydrogen (secondary N) is 1. The second kappa shape index (κ2) is 9.82. The summed E-state index contributed by atoms with van der Waals surface area (Å²) in [5.74, 6) is 0.551. The van der Waals surface area contributed by atoms with Crippen molar-refractivity contribution in [3.63, 3.8) is 0 Å². The molecule has 0 aliphatic carbocycles. The molecule has 1 aliphatic rings. The Kier molecular flexibility index (Phi) is 8.45. The van der Waals surface area contributed by atoms with Gasteiger partial charge in [-0.15, -0.1) is 37.2 Å². The van der Waals surface area contributed by atoms with Crippen molar-refractivity contribution in [3.8, 4) is 11.1 Å². The largest absolute Gasteiger partial charge is 0.317 e. The maximum absolute atomic E-state index is 4.76. The molecular formula is C17H20Cl3N5. The van der Waals surface area contributed by atoms with Crippen LogP contribution < -0.4 is 5.32 Å². The first kappa shape index (κ1) is 21.5. The molecule has 0 radical (unpaired) electrons. The number of rotatable bonds is 2. The van der Waals surface area contributed by atoms with E-state index in [2.05, 4.69) is 38.5 Å². The second-order valence-electron chi connectivity index (χ2n) is 5.66. The van der Waals surface area contributed by atoms with Gasteiger partial charge in [-0.3, -0.25) is 0 Å². The zero-order valence-electron chi connectivity index (χ0n) is 13.5. The lowest BCUT2D eigenvalue weighted by Gasteiger charge is -2.22. The molecule has 5 nitrogen and oxygen atoms in total. The Morgan fingerprint density at radius 1 is 0.880 bits per heavy atom. The lowest BCUT2D eigenvalue weighted by atomic mass is 9.94. The molecule has 0 aromatic carbocycles. The summed E-state index contributed by atoms with van der Waals surface area (Å²) in [6, 6.07) is 6.37. The number of piperidine rings is 1. The highest BCUT2D eigenvalue weighted by atomic mass is 35.5. The van der Waals surface area contributed by atoms with Gasteiger partial charge in [-0.2, -0.15) is 0 Å². The molecule has 0 spiro atoms. The maximum Gasteiger partial charge on any atom is 0.159 e. The van der Waals surface area contributed by atoms with Crippen molar-refractivity contribution in [1.82, 2.24) is 25.3 Å². The Morgan fingerprint density at radius 3 is 2.32 bits per heavy atom. The number of aromatic nitrogens is 4. The van der Waals surface area contributed by atoms with E-state index >= 15 is 0 Å². The Hall–Kier alpha value is -1.53. The van der Waals surface area contributed by atoms with Crippen LogP contribution in [0.3, 0.4) is 0 Å². The lowest BCUT2D eigenvalue weighted by Crippen LogP contribution is -2.27. The normalized spacial score (nSPS) is 14.1. The smallest absolute Gasteiger partial charge is 0.159 e. The maximum atomic E-state index is 4.76. The van der Waals surface area contributed by atoms with Gasteiger partial charge in [0, 0.05) is 46.7 Å². The molecule has 4 heterocycles. The number of nitrogens with zero attached hydrogens (tertiary/aromatic N) is 4. The van der Waals surface area contributed by atoms with Crippen LogP contribution in [0.1, 0.15) is 24.5 Å². The fourth-order valence-electron chi connectivity index (χ4n) is 2.98. The van der Waals surface area contributed by atoms with E-state index in [9.17, 15) is 0 Å². The van der Waals surface area contributed by atoms with Gasteiger partial charge in [-0.05, 0) is 44.1 Å².